The maximum Gasteiger partial charge on any atom is 0.331 e. The van der Waals surface area contributed by atoms with Crippen LogP contribution in [-0.2, 0) is 9.59 Å². The van der Waals surface area contributed by atoms with Crippen LogP contribution in [0.1, 0.15) is 20.3 Å². The molecule has 4 heteroatoms. The van der Waals surface area contributed by atoms with E-state index in [2.05, 4.69) is 6.58 Å². The van der Waals surface area contributed by atoms with Gasteiger partial charge in [0, 0.05) is 5.57 Å². The molecule has 0 amide bonds. The first kappa shape index (κ1) is 11.7. The molecule has 0 aliphatic heterocycles. The molecule has 74 valence electrons. The molecular weight excluding hydrogens is 172 g/mol. The Morgan fingerprint density at radius 3 is 2.00 bits per heavy atom. The molecule has 0 aliphatic rings. The molecule has 0 saturated carbocycles. The number of carbonyl (C=O) groups is 2. The Balaban J connectivity index is 4.52. The predicted molar refractivity (Wildman–Crippen MR) is 47.4 cm³/mol. The van der Waals surface area contributed by atoms with Gasteiger partial charge >= 0.3 is 11.9 Å². The molecule has 0 spiro atoms. The van der Waals surface area contributed by atoms with E-state index in [0.29, 0.717) is 6.42 Å². The van der Waals surface area contributed by atoms with Gasteiger partial charge in [-0.3, -0.25) is 4.79 Å². The predicted octanol–water partition coefficient (Wildman–Crippen LogP) is 1.37. The molecule has 0 aromatic rings. The van der Waals surface area contributed by atoms with Gasteiger partial charge in [-0.25, -0.2) is 4.79 Å². The van der Waals surface area contributed by atoms with Crippen LogP contribution >= 0.6 is 0 Å². The molecule has 0 heterocycles. The van der Waals surface area contributed by atoms with Crippen LogP contribution in [-0.4, -0.2) is 22.2 Å². The van der Waals surface area contributed by atoms with Crippen LogP contribution in [0.2, 0.25) is 0 Å². The smallest absolute Gasteiger partial charge is 0.331 e. The van der Waals surface area contributed by atoms with Gasteiger partial charge in [0.1, 0.15) is 0 Å². The molecule has 13 heavy (non-hydrogen) atoms. The summed E-state index contributed by atoms with van der Waals surface area (Å²) in [6, 6.07) is 0. The summed E-state index contributed by atoms with van der Waals surface area (Å²) in [6.07, 6.45) is 0.306. The Kier molecular flexibility index (Phi) is 4.17. The fourth-order valence-corrected chi connectivity index (χ4v) is 1.01. The van der Waals surface area contributed by atoms with Gasteiger partial charge in [-0.15, -0.1) is 0 Å². The van der Waals surface area contributed by atoms with Crippen LogP contribution in [0.4, 0.5) is 0 Å². The molecule has 1 unspecified atom stereocenters. The molecule has 2 N–H and O–H groups in total. The zero-order valence-electron chi connectivity index (χ0n) is 7.78. The summed E-state index contributed by atoms with van der Waals surface area (Å²) in [7, 11) is 0. The average molecular weight is 186 g/mol. The minimum Gasteiger partial charge on any atom is -0.481 e. The Morgan fingerprint density at radius 2 is 1.77 bits per heavy atom. The lowest BCUT2D eigenvalue weighted by Gasteiger charge is -2.13. The Labute approximate surface area is 76.9 Å². The van der Waals surface area contributed by atoms with Crippen LogP contribution in [0, 0.1) is 11.8 Å². The highest BCUT2D eigenvalue weighted by atomic mass is 16.4. The minimum atomic E-state index is -1.24. The first-order chi connectivity index (χ1) is 5.86. The van der Waals surface area contributed by atoms with Crippen molar-refractivity contribution in [2.75, 3.05) is 0 Å². The van der Waals surface area contributed by atoms with E-state index in [1.165, 1.54) is 0 Å². The van der Waals surface area contributed by atoms with Gasteiger partial charge in [-0.2, -0.15) is 0 Å². The van der Waals surface area contributed by atoms with Crippen molar-refractivity contribution in [1.29, 1.82) is 0 Å². The number of rotatable bonds is 5. The molecule has 0 aromatic heterocycles. The van der Waals surface area contributed by atoms with Crippen LogP contribution in [0.3, 0.4) is 0 Å². The Morgan fingerprint density at radius 1 is 1.31 bits per heavy atom. The van der Waals surface area contributed by atoms with Crippen LogP contribution in [0.25, 0.3) is 0 Å². The average Bonchev–Trinajstić information content (AvgIpc) is 1.97. The highest BCUT2D eigenvalue weighted by Crippen LogP contribution is 2.19. The van der Waals surface area contributed by atoms with Gasteiger partial charge in [-0.1, -0.05) is 20.4 Å². The number of carboxylic acid groups (broad SMARTS) is 2. The van der Waals surface area contributed by atoms with Gasteiger partial charge in [0.15, 0.2) is 0 Å². The van der Waals surface area contributed by atoms with E-state index in [1.807, 2.05) is 13.8 Å². The van der Waals surface area contributed by atoms with Crippen molar-refractivity contribution in [2.45, 2.75) is 20.3 Å². The minimum absolute atomic E-state index is 0.136. The van der Waals surface area contributed by atoms with E-state index in [1.54, 1.807) is 0 Å². The molecule has 0 fully saturated rings. The summed E-state index contributed by atoms with van der Waals surface area (Å²) >= 11 is 0. The maximum atomic E-state index is 10.7. The zero-order valence-corrected chi connectivity index (χ0v) is 7.78. The van der Waals surface area contributed by atoms with Gasteiger partial charge in [-0.05, 0) is 12.3 Å². The van der Waals surface area contributed by atoms with Gasteiger partial charge in [0.25, 0.3) is 0 Å². The van der Waals surface area contributed by atoms with Crippen molar-refractivity contribution in [1.82, 2.24) is 0 Å². The third-order valence-electron chi connectivity index (χ3n) is 1.70. The van der Waals surface area contributed by atoms with Crippen LogP contribution in [0.5, 0.6) is 0 Å². The lowest BCUT2D eigenvalue weighted by atomic mass is 9.91. The van der Waals surface area contributed by atoms with Gasteiger partial charge in [0.05, 0.1) is 5.92 Å². The van der Waals surface area contributed by atoms with Gasteiger partial charge < -0.3 is 10.2 Å². The fraction of sp³-hybridized carbons (Fsp3) is 0.556. The Bertz CT molecular complexity index is 230. The number of hydrogen-bond acceptors (Lipinski definition) is 2. The summed E-state index contributed by atoms with van der Waals surface area (Å²) in [4.78, 5) is 21.1. The second-order valence-electron chi connectivity index (χ2n) is 3.35. The topological polar surface area (TPSA) is 74.6 Å². The van der Waals surface area contributed by atoms with Crippen molar-refractivity contribution in [3.63, 3.8) is 0 Å². The first-order valence-corrected chi connectivity index (χ1v) is 4.01. The lowest BCUT2D eigenvalue weighted by molar-refractivity contribution is -0.144. The molecule has 0 rings (SSSR count). The lowest BCUT2D eigenvalue weighted by Crippen LogP contribution is -2.22. The van der Waals surface area contributed by atoms with Crippen molar-refractivity contribution < 1.29 is 19.8 Å². The maximum absolute atomic E-state index is 10.7. The SMILES string of the molecule is C=C(C(=O)O)C(CC(C)C)C(=O)O. The van der Waals surface area contributed by atoms with E-state index in [-0.39, 0.29) is 11.5 Å². The van der Waals surface area contributed by atoms with Gasteiger partial charge in [0.2, 0.25) is 0 Å². The summed E-state index contributed by atoms with van der Waals surface area (Å²) in [6.45, 7) is 6.93. The summed E-state index contributed by atoms with van der Waals surface area (Å²) in [5.74, 6) is -3.20. The number of hydrogen-bond donors (Lipinski definition) is 2. The third kappa shape index (κ3) is 3.73. The molecule has 0 radical (unpaired) electrons. The van der Waals surface area contributed by atoms with E-state index in [9.17, 15) is 9.59 Å². The van der Waals surface area contributed by atoms with Crippen molar-refractivity contribution in [3.05, 3.63) is 12.2 Å². The second kappa shape index (κ2) is 4.64. The fourth-order valence-electron chi connectivity index (χ4n) is 1.01. The monoisotopic (exact) mass is 186 g/mol. The summed E-state index contributed by atoms with van der Waals surface area (Å²) in [5, 5.41) is 17.3. The van der Waals surface area contributed by atoms with E-state index < -0.39 is 17.9 Å². The quantitative estimate of drug-likeness (QED) is 0.636. The second-order valence-corrected chi connectivity index (χ2v) is 3.35. The molecule has 0 saturated heterocycles. The first-order valence-electron chi connectivity index (χ1n) is 4.01. The normalized spacial score (nSPS) is 12.5. The van der Waals surface area contributed by atoms with Crippen LogP contribution in [0.15, 0.2) is 12.2 Å². The molecule has 0 aromatic carbocycles. The van der Waals surface area contributed by atoms with Crippen molar-refractivity contribution in [2.24, 2.45) is 11.8 Å². The summed E-state index contributed by atoms with van der Waals surface area (Å²) in [5.41, 5.74) is -0.249. The molecule has 0 bridgehead atoms. The molecule has 0 aliphatic carbocycles. The summed E-state index contributed by atoms with van der Waals surface area (Å²) < 4.78 is 0. The molecular formula is C9H14O4. The molecule has 1 atom stereocenters. The Hall–Kier alpha value is -1.32. The standard InChI is InChI=1S/C9H14O4/c1-5(2)4-7(9(12)13)6(3)8(10)11/h5,7H,3-4H2,1-2H3,(H,10,11)(H,12,13). The van der Waals surface area contributed by atoms with E-state index in [4.69, 9.17) is 10.2 Å². The van der Waals surface area contributed by atoms with Crippen molar-refractivity contribution >= 4 is 11.9 Å². The highest BCUT2D eigenvalue weighted by Gasteiger charge is 2.26. The number of aliphatic carboxylic acids is 2. The largest absolute Gasteiger partial charge is 0.481 e. The molecule has 4 nitrogen and oxygen atoms in total. The van der Waals surface area contributed by atoms with E-state index in [0.717, 1.165) is 0 Å². The van der Waals surface area contributed by atoms with Crippen molar-refractivity contribution in [3.8, 4) is 0 Å². The van der Waals surface area contributed by atoms with E-state index >= 15 is 0 Å². The zero-order chi connectivity index (χ0) is 10.6. The number of carboxylic acids is 2. The van der Waals surface area contributed by atoms with Crippen LogP contribution < -0.4 is 0 Å². The highest BCUT2D eigenvalue weighted by molar-refractivity contribution is 5.93. The third-order valence-corrected chi connectivity index (χ3v) is 1.70.